The van der Waals surface area contributed by atoms with Crippen molar-refractivity contribution in [1.29, 1.82) is 0 Å². The van der Waals surface area contributed by atoms with Crippen molar-refractivity contribution in [2.45, 2.75) is 0 Å². The molecule has 4 N–H and O–H groups in total. The van der Waals surface area contributed by atoms with Gasteiger partial charge >= 0.3 is 0 Å². The van der Waals surface area contributed by atoms with Gasteiger partial charge < -0.3 is 5.73 Å². The van der Waals surface area contributed by atoms with Crippen LogP contribution in [0.2, 0.25) is 0 Å². The molecular formula is C15H12N6. The molecule has 0 aliphatic rings. The fourth-order valence-corrected chi connectivity index (χ4v) is 2.46. The second kappa shape index (κ2) is 4.45. The number of aromatic nitrogens is 5. The van der Waals surface area contributed by atoms with Crippen LogP contribution in [0, 0.1) is 0 Å². The van der Waals surface area contributed by atoms with Gasteiger partial charge in [-0.1, -0.05) is 12.1 Å². The van der Waals surface area contributed by atoms with E-state index >= 15 is 0 Å². The Labute approximate surface area is 120 Å². The van der Waals surface area contributed by atoms with E-state index in [4.69, 9.17) is 5.73 Å². The molecule has 0 saturated heterocycles. The number of pyridine rings is 1. The summed E-state index contributed by atoms with van der Waals surface area (Å²) < 4.78 is 0. The number of nitrogens with two attached hydrogens (primary N) is 1. The number of H-pyrrole nitrogens is 2. The Hall–Kier alpha value is -3.15. The van der Waals surface area contributed by atoms with Crippen LogP contribution < -0.4 is 5.73 Å². The molecule has 0 aliphatic carbocycles. The minimum absolute atomic E-state index is 0.480. The van der Waals surface area contributed by atoms with Gasteiger partial charge in [0.05, 0.1) is 16.9 Å². The zero-order valence-corrected chi connectivity index (χ0v) is 11.0. The number of nitrogen functional groups attached to an aromatic ring is 1. The minimum atomic E-state index is 0.480. The van der Waals surface area contributed by atoms with Crippen LogP contribution in [0.25, 0.3) is 33.4 Å². The first kappa shape index (κ1) is 11.7. The zero-order valence-electron chi connectivity index (χ0n) is 11.0. The predicted octanol–water partition coefficient (Wildman–Crippen LogP) is 2.60. The van der Waals surface area contributed by atoms with Crippen LogP contribution in [0.4, 0.5) is 5.82 Å². The minimum Gasteiger partial charge on any atom is -0.384 e. The molecule has 0 aliphatic heterocycles. The molecule has 0 radical (unpaired) electrons. The second-order valence-electron chi connectivity index (χ2n) is 4.77. The zero-order chi connectivity index (χ0) is 14.2. The number of nitrogens with zero attached hydrogens (tertiary/aromatic N) is 3. The number of anilines is 1. The molecule has 0 saturated carbocycles. The van der Waals surface area contributed by atoms with E-state index in [2.05, 4.69) is 25.4 Å². The van der Waals surface area contributed by atoms with Crippen molar-refractivity contribution in [3.63, 3.8) is 0 Å². The number of nitrogens with one attached hydrogen (secondary N) is 2. The summed E-state index contributed by atoms with van der Waals surface area (Å²) in [5.74, 6) is 0.480. The van der Waals surface area contributed by atoms with Gasteiger partial charge in [-0.05, 0) is 24.3 Å². The number of hydrogen-bond acceptors (Lipinski definition) is 4. The first-order chi connectivity index (χ1) is 10.3. The lowest BCUT2D eigenvalue weighted by Gasteiger charge is -2.07. The first-order valence-electron chi connectivity index (χ1n) is 6.51. The topological polar surface area (TPSA) is 96.3 Å². The summed E-state index contributed by atoms with van der Waals surface area (Å²) in [5.41, 5.74) is 10.7. The monoisotopic (exact) mass is 276 g/mol. The highest BCUT2D eigenvalue weighted by Crippen LogP contribution is 2.30. The Morgan fingerprint density at radius 2 is 1.62 bits per heavy atom. The van der Waals surface area contributed by atoms with Gasteiger partial charge in [-0.15, -0.1) is 0 Å². The predicted molar refractivity (Wildman–Crippen MR) is 81.3 cm³/mol. The van der Waals surface area contributed by atoms with E-state index in [9.17, 15) is 0 Å². The molecule has 0 fully saturated rings. The van der Waals surface area contributed by atoms with Crippen LogP contribution in [0.15, 0.2) is 48.8 Å². The van der Waals surface area contributed by atoms with Crippen LogP contribution in [-0.4, -0.2) is 25.4 Å². The summed E-state index contributed by atoms with van der Waals surface area (Å²) >= 11 is 0. The highest BCUT2D eigenvalue weighted by Gasteiger charge is 2.09. The lowest BCUT2D eigenvalue weighted by molar-refractivity contribution is 1.09. The van der Waals surface area contributed by atoms with E-state index in [1.807, 2.05) is 36.4 Å². The molecule has 6 heteroatoms. The van der Waals surface area contributed by atoms with Crippen molar-refractivity contribution in [1.82, 2.24) is 25.4 Å². The highest BCUT2D eigenvalue weighted by atomic mass is 15.1. The fourth-order valence-electron chi connectivity index (χ4n) is 2.46. The van der Waals surface area contributed by atoms with Crippen LogP contribution in [0.1, 0.15) is 0 Å². The molecule has 102 valence electrons. The van der Waals surface area contributed by atoms with Gasteiger partial charge in [-0.2, -0.15) is 10.2 Å². The summed E-state index contributed by atoms with van der Waals surface area (Å²) in [4.78, 5) is 4.43. The van der Waals surface area contributed by atoms with E-state index in [0.29, 0.717) is 5.82 Å². The highest BCUT2D eigenvalue weighted by molar-refractivity contribution is 5.96. The maximum atomic E-state index is 5.93. The van der Waals surface area contributed by atoms with Gasteiger partial charge in [0.15, 0.2) is 0 Å². The first-order valence-corrected chi connectivity index (χ1v) is 6.51. The normalized spacial score (nSPS) is 11.0. The molecule has 21 heavy (non-hydrogen) atoms. The molecule has 0 amide bonds. The molecule has 0 atom stereocenters. The second-order valence-corrected chi connectivity index (χ2v) is 4.77. The van der Waals surface area contributed by atoms with Crippen LogP contribution >= 0.6 is 0 Å². The summed E-state index contributed by atoms with van der Waals surface area (Å²) in [7, 11) is 0. The van der Waals surface area contributed by atoms with Gasteiger partial charge in [0.1, 0.15) is 5.82 Å². The van der Waals surface area contributed by atoms with Gasteiger partial charge in [0.25, 0.3) is 0 Å². The summed E-state index contributed by atoms with van der Waals surface area (Å²) in [6.07, 6.45) is 3.44. The molecule has 0 bridgehead atoms. The number of aromatic amines is 2. The van der Waals surface area contributed by atoms with E-state index in [0.717, 1.165) is 33.4 Å². The van der Waals surface area contributed by atoms with Gasteiger partial charge in [0, 0.05) is 28.9 Å². The van der Waals surface area contributed by atoms with E-state index in [1.165, 1.54) is 0 Å². The molecule has 4 aromatic rings. The van der Waals surface area contributed by atoms with Crippen molar-refractivity contribution in [2.24, 2.45) is 0 Å². The number of benzene rings is 1. The molecule has 6 nitrogen and oxygen atoms in total. The average molecular weight is 276 g/mol. The molecular weight excluding hydrogens is 264 g/mol. The van der Waals surface area contributed by atoms with E-state index < -0.39 is 0 Å². The number of rotatable bonds is 2. The van der Waals surface area contributed by atoms with Crippen molar-refractivity contribution in [3.05, 3.63) is 48.8 Å². The smallest absolute Gasteiger partial charge is 0.124 e. The Morgan fingerprint density at radius 1 is 0.857 bits per heavy atom. The van der Waals surface area contributed by atoms with Crippen molar-refractivity contribution in [2.75, 3.05) is 5.73 Å². The lowest BCUT2D eigenvalue weighted by Crippen LogP contribution is -1.94. The van der Waals surface area contributed by atoms with Crippen molar-refractivity contribution >= 4 is 16.7 Å². The molecule has 3 aromatic heterocycles. The van der Waals surface area contributed by atoms with Crippen LogP contribution in [0.3, 0.4) is 0 Å². The van der Waals surface area contributed by atoms with E-state index in [1.54, 1.807) is 12.4 Å². The molecule has 3 heterocycles. The third-order valence-electron chi connectivity index (χ3n) is 3.43. The molecule has 4 rings (SSSR count). The van der Waals surface area contributed by atoms with Crippen molar-refractivity contribution in [3.8, 4) is 22.5 Å². The van der Waals surface area contributed by atoms with Gasteiger partial charge in [-0.25, -0.2) is 4.98 Å². The summed E-state index contributed by atoms with van der Waals surface area (Å²) in [5, 5.41) is 14.9. The fraction of sp³-hybridized carbons (Fsp3) is 0. The summed E-state index contributed by atoms with van der Waals surface area (Å²) in [6.45, 7) is 0. The Morgan fingerprint density at radius 3 is 2.33 bits per heavy atom. The molecule has 1 aromatic carbocycles. The number of hydrogen-bond donors (Lipinski definition) is 3. The maximum absolute atomic E-state index is 5.93. The SMILES string of the molecule is Nc1cc(-c2ccn[nH]2)c2ccc(-c3ccn[nH]3)cc2n1. The Bertz CT molecular complexity index is 893. The third-order valence-corrected chi connectivity index (χ3v) is 3.43. The van der Waals surface area contributed by atoms with Crippen LogP contribution in [-0.2, 0) is 0 Å². The van der Waals surface area contributed by atoms with Crippen LogP contribution in [0.5, 0.6) is 0 Å². The maximum Gasteiger partial charge on any atom is 0.124 e. The molecule has 0 unspecified atom stereocenters. The van der Waals surface area contributed by atoms with Crippen molar-refractivity contribution < 1.29 is 0 Å². The van der Waals surface area contributed by atoms with Gasteiger partial charge in [-0.3, -0.25) is 10.2 Å². The Balaban J connectivity index is 1.97. The standard InChI is InChI=1S/C15H12N6/c16-15-8-11(13-4-6-18-21-13)10-2-1-9(7-14(10)19-15)12-3-5-17-20-12/h1-8H,(H2,16,19)(H,17,20)(H,18,21). The largest absolute Gasteiger partial charge is 0.384 e. The summed E-state index contributed by atoms with van der Waals surface area (Å²) in [6, 6.07) is 11.8. The van der Waals surface area contributed by atoms with E-state index in [-0.39, 0.29) is 0 Å². The Kier molecular flexibility index (Phi) is 2.47. The third kappa shape index (κ3) is 1.93. The number of fused-ring (bicyclic) bond motifs is 1. The quantitative estimate of drug-likeness (QED) is 0.524. The van der Waals surface area contributed by atoms with Gasteiger partial charge in [0.2, 0.25) is 0 Å². The lowest BCUT2D eigenvalue weighted by atomic mass is 10.0. The average Bonchev–Trinajstić information content (AvgIpc) is 3.19. The molecule has 0 spiro atoms.